The fourth-order valence-electron chi connectivity index (χ4n) is 9.89. The molecule has 0 aromatic heterocycles. The Bertz CT molecular complexity index is 1140. The van der Waals surface area contributed by atoms with E-state index in [2.05, 4.69) is 20.8 Å². The van der Waals surface area contributed by atoms with Crippen molar-refractivity contribution in [2.75, 3.05) is 6.61 Å². The summed E-state index contributed by atoms with van der Waals surface area (Å²) >= 11 is 0. The number of fused-ring (bicyclic) bond motifs is 5. The molecule has 0 aromatic rings. The smallest absolute Gasteiger partial charge is 0.187 e. The van der Waals surface area contributed by atoms with Gasteiger partial charge in [0.05, 0.1) is 36.1 Å². The zero-order chi connectivity index (χ0) is 33.4. The predicted molar refractivity (Wildman–Crippen MR) is 162 cm³/mol. The molecular formula is C34H56O11. The number of ether oxygens (including phenoxy) is 2. The van der Waals surface area contributed by atoms with Crippen molar-refractivity contribution in [3.05, 3.63) is 11.6 Å². The molecule has 5 aliphatic rings. The van der Waals surface area contributed by atoms with Crippen molar-refractivity contribution in [2.24, 2.45) is 40.4 Å². The number of allylic oxidation sites excluding steroid dienone is 1. The monoisotopic (exact) mass is 640 g/mol. The lowest BCUT2D eigenvalue weighted by Gasteiger charge is -2.61. The van der Waals surface area contributed by atoms with E-state index >= 15 is 0 Å². The molecule has 1 heterocycles. The van der Waals surface area contributed by atoms with Crippen LogP contribution in [-0.4, -0.2) is 113 Å². The van der Waals surface area contributed by atoms with Crippen molar-refractivity contribution in [3.63, 3.8) is 0 Å². The molecule has 1 aliphatic heterocycles. The first-order valence-electron chi connectivity index (χ1n) is 16.9. The van der Waals surface area contributed by atoms with Crippen LogP contribution in [0.1, 0.15) is 86.5 Å². The number of hydrogen-bond donors (Lipinski definition) is 8. The van der Waals surface area contributed by atoms with E-state index in [1.165, 1.54) is 0 Å². The third-order valence-corrected chi connectivity index (χ3v) is 13.4. The van der Waals surface area contributed by atoms with Gasteiger partial charge in [0.1, 0.15) is 24.4 Å². The number of ketones is 1. The molecule has 0 amide bonds. The number of rotatable bonds is 8. The lowest BCUT2D eigenvalue weighted by Crippen LogP contribution is -2.64. The number of carbonyl (C=O) groups excluding carboxylic acids is 1. The van der Waals surface area contributed by atoms with E-state index in [1.54, 1.807) is 13.0 Å². The van der Waals surface area contributed by atoms with Gasteiger partial charge in [-0.1, -0.05) is 34.6 Å². The van der Waals surface area contributed by atoms with Crippen molar-refractivity contribution < 1.29 is 55.1 Å². The van der Waals surface area contributed by atoms with Crippen LogP contribution in [0, 0.1) is 40.4 Å². The van der Waals surface area contributed by atoms with Crippen LogP contribution in [0.5, 0.6) is 0 Å². The number of aliphatic hydroxyl groups is 8. The van der Waals surface area contributed by atoms with E-state index < -0.39 is 83.6 Å². The van der Waals surface area contributed by atoms with E-state index in [4.69, 9.17) is 9.47 Å². The Morgan fingerprint density at radius 3 is 2.33 bits per heavy atom. The molecule has 258 valence electrons. The first-order valence-corrected chi connectivity index (χ1v) is 16.9. The SMILES string of the molecule is CC(C)C(C)CC(O)C(C)(O)C1CCC2(O)C3=CC(=O)C4CC(OC5OC(CO)C(O)C(O)C5O)C(O)CC4(C)C3CCC12C. The molecule has 5 rings (SSSR count). The van der Waals surface area contributed by atoms with E-state index in [0.717, 1.165) is 0 Å². The maximum absolute atomic E-state index is 13.9. The van der Waals surface area contributed by atoms with E-state index in [0.29, 0.717) is 43.6 Å². The van der Waals surface area contributed by atoms with Crippen molar-refractivity contribution in [1.29, 1.82) is 0 Å². The molecule has 11 nitrogen and oxygen atoms in total. The van der Waals surface area contributed by atoms with Gasteiger partial charge in [0.25, 0.3) is 0 Å². The third kappa shape index (κ3) is 5.47. The van der Waals surface area contributed by atoms with E-state index in [-0.39, 0.29) is 36.4 Å². The van der Waals surface area contributed by atoms with Crippen molar-refractivity contribution in [1.82, 2.24) is 0 Å². The Kier molecular flexibility index (Phi) is 9.54. The lowest BCUT2D eigenvalue weighted by atomic mass is 9.45. The maximum atomic E-state index is 13.9. The summed E-state index contributed by atoms with van der Waals surface area (Å²) in [6.45, 7) is 11.3. The van der Waals surface area contributed by atoms with Crippen LogP contribution >= 0.6 is 0 Å². The average Bonchev–Trinajstić information content (AvgIpc) is 3.25. The minimum Gasteiger partial charge on any atom is -0.394 e. The molecule has 0 aromatic carbocycles. The van der Waals surface area contributed by atoms with Gasteiger partial charge in [-0.2, -0.15) is 0 Å². The minimum absolute atomic E-state index is 0.124. The van der Waals surface area contributed by atoms with Crippen molar-refractivity contribution >= 4 is 5.78 Å². The van der Waals surface area contributed by atoms with Crippen LogP contribution in [0.4, 0.5) is 0 Å². The molecule has 0 bridgehead atoms. The number of carbonyl (C=O) groups is 1. The van der Waals surface area contributed by atoms with Gasteiger partial charge in [-0.25, -0.2) is 0 Å². The van der Waals surface area contributed by atoms with E-state index in [9.17, 15) is 45.6 Å². The molecular weight excluding hydrogens is 584 g/mol. The first-order chi connectivity index (χ1) is 20.8. The van der Waals surface area contributed by atoms with Crippen LogP contribution in [0.25, 0.3) is 0 Å². The van der Waals surface area contributed by atoms with Gasteiger partial charge in [-0.05, 0) is 92.6 Å². The van der Waals surface area contributed by atoms with Crippen LogP contribution in [-0.2, 0) is 14.3 Å². The highest BCUT2D eigenvalue weighted by Gasteiger charge is 2.69. The summed E-state index contributed by atoms with van der Waals surface area (Å²) in [5.74, 6) is -0.760. The summed E-state index contributed by atoms with van der Waals surface area (Å²) < 4.78 is 11.4. The van der Waals surface area contributed by atoms with Gasteiger partial charge >= 0.3 is 0 Å². The fraction of sp³-hybridized carbons (Fsp3) is 0.912. The van der Waals surface area contributed by atoms with Gasteiger partial charge in [0.2, 0.25) is 0 Å². The number of hydrogen-bond acceptors (Lipinski definition) is 11. The molecule has 16 atom stereocenters. The largest absolute Gasteiger partial charge is 0.394 e. The molecule has 4 fully saturated rings. The summed E-state index contributed by atoms with van der Waals surface area (Å²) in [7, 11) is 0. The summed E-state index contributed by atoms with van der Waals surface area (Å²) in [5, 5.41) is 87.3. The highest BCUT2D eigenvalue weighted by molar-refractivity contribution is 5.95. The topological polar surface area (TPSA) is 197 Å². The Labute approximate surface area is 266 Å². The molecule has 1 saturated heterocycles. The normalized spacial score (nSPS) is 49.4. The van der Waals surface area contributed by atoms with E-state index in [1.807, 2.05) is 13.8 Å². The Morgan fingerprint density at radius 1 is 1.04 bits per heavy atom. The molecule has 0 spiro atoms. The lowest BCUT2D eigenvalue weighted by molar-refractivity contribution is -0.322. The van der Waals surface area contributed by atoms with Crippen molar-refractivity contribution in [2.45, 2.75) is 147 Å². The molecule has 3 saturated carbocycles. The van der Waals surface area contributed by atoms with Crippen LogP contribution in [0.2, 0.25) is 0 Å². The minimum atomic E-state index is -1.62. The second-order valence-electron chi connectivity index (χ2n) is 16.1. The van der Waals surface area contributed by atoms with Crippen LogP contribution in [0.15, 0.2) is 11.6 Å². The maximum Gasteiger partial charge on any atom is 0.187 e. The Balaban J connectivity index is 1.38. The van der Waals surface area contributed by atoms with Crippen molar-refractivity contribution in [3.8, 4) is 0 Å². The molecule has 45 heavy (non-hydrogen) atoms. The molecule has 16 unspecified atom stereocenters. The summed E-state index contributed by atoms with van der Waals surface area (Å²) in [4.78, 5) is 13.9. The van der Waals surface area contributed by atoms with Gasteiger partial charge in [-0.3, -0.25) is 4.79 Å². The summed E-state index contributed by atoms with van der Waals surface area (Å²) in [5.41, 5.74) is -3.60. The quantitative estimate of drug-likeness (QED) is 0.187. The molecule has 4 aliphatic carbocycles. The predicted octanol–water partition coefficient (Wildman–Crippen LogP) is 0.809. The Morgan fingerprint density at radius 2 is 1.71 bits per heavy atom. The zero-order valence-electron chi connectivity index (χ0n) is 27.5. The summed E-state index contributed by atoms with van der Waals surface area (Å²) in [6.07, 6.45) is -5.88. The highest BCUT2D eigenvalue weighted by Crippen LogP contribution is 2.68. The van der Waals surface area contributed by atoms with Gasteiger partial charge in [-0.15, -0.1) is 0 Å². The average molecular weight is 641 g/mol. The molecule has 0 radical (unpaired) electrons. The standard InChI is InChI=1S/C34H56O11/c1-16(2)17(3)11-26(38)33(6,42)25-8-10-34(43)19-12-21(36)20-13-23(44-30-29(41)28(40)27(39)24(15-35)45-30)22(37)14-31(20,4)18(19)7-9-32(25,34)5/h12,16-18,20,22-30,35,37-43H,7-11,13-15H2,1-6H3. The molecule has 11 heteroatoms. The second kappa shape index (κ2) is 12.2. The van der Waals surface area contributed by atoms with Gasteiger partial charge in [0, 0.05) is 11.3 Å². The zero-order valence-corrected chi connectivity index (χ0v) is 27.5. The number of aliphatic hydroxyl groups excluding tert-OH is 6. The van der Waals surface area contributed by atoms with Gasteiger partial charge < -0.3 is 50.3 Å². The Hall–Kier alpha value is -0.990. The third-order valence-electron chi connectivity index (χ3n) is 13.4. The first kappa shape index (κ1) is 35.3. The second-order valence-corrected chi connectivity index (χ2v) is 16.1. The summed E-state index contributed by atoms with van der Waals surface area (Å²) in [6, 6.07) is 0. The van der Waals surface area contributed by atoms with Gasteiger partial charge in [0.15, 0.2) is 12.1 Å². The fourth-order valence-corrected chi connectivity index (χ4v) is 9.89. The molecule has 8 N–H and O–H groups in total. The van der Waals surface area contributed by atoms with Crippen LogP contribution < -0.4 is 0 Å². The highest BCUT2D eigenvalue weighted by atomic mass is 16.7. The van der Waals surface area contributed by atoms with Crippen LogP contribution in [0.3, 0.4) is 0 Å².